The predicted octanol–water partition coefficient (Wildman–Crippen LogP) is 3.64. The molecule has 2 N–H and O–H groups in total. The van der Waals surface area contributed by atoms with Crippen LogP contribution in [0.5, 0.6) is 0 Å². The monoisotopic (exact) mass is 339 g/mol. The van der Waals surface area contributed by atoms with Gasteiger partial charge in [0.1, 0.15) is 0 Å². The number of rotatable bonds is 3. The number of nitrogens with zero attached hydrogens (tertiary/aromatic N) is 1. The second-order valence-corrected chi connectivity index (χ2v) is 5.90. The van der Waals surface area contributed by atoms with Gasteiger partial charge in [-0.25, -0.2) is 0 Å². The number of carbonyl (C=O) groups is 1. The standard InChI is InChI=1S/C18H17N3O2S/c1-3-21-17(23)13-9-8-12(10-15(13)20-18(21)24)16(22)19-14-7-5-4-6-11(14)2/h4-10H,3H2,1-2H3,(H,19,22)(H,20,24). The number of aromatic amines is 1. The summed E-state index contributed by atoms with van der Waals surface area (Å²) >= 11 is 5.20. The number of anilines is 1. The number of nitrogens with one attached hydrogen (secondary N) is 2. The number of aryl methyl sites for hydroxylation is 1. The molecule has 0 saturated heterocycles. The fraction of sp³-hybridized carbons (Fsp3) is 0.167. The van der Waals surface area contributed by atoms with Gasteiger partial charge in [-0.3, -0.25) is 14.2 Å². The molecule has 0 saturated carbocycles. The summed E-state index contributed by atoms with van der Waals surface area (Å²) in [6.07, 6.45) is 0. The summed E-state index contributed by atoms with van der Waals surface area (Å²) in [6, 6.07) is 12.5. The van der Waals surface area contributed by atoms with E-state index in [0.717, 1.165) is 11.3 Å². The van der Waals surface area contributed by atoms with Crippen LogP contribution in [0.1, 0.15) is 22.8 Å². The van der Waals surface area contributed by atoms with E-state index < -0.39 is 0 Å². The first-order chi connectivity index (χ1) is 11.5. The minimum absolute atomic E-state index is 0.151. The van der Waals surface area contributed by atoms with Gasteiger partial charge < -0.3 is 10.3 Å². The third-order valence-corrected chi connectivity index (χ3v) is 4.28. The summed E-state index contributed by atoms with van der Waals surface area (Å²) in [6.45, 7) is 4.29. The molecule has 24 heavy (non-hydrogen) atoms. The topological polar surface area (TPSA) is 66.9 Å². The summed E-state index contributed by atoms with van der Waals surface area (Å²) in [7, 11) is 0. The Labute approximate surface area is 144 Å². The molecule has 0 aliphatic carbocycles. The van der Waals surface area contributed by atoms with Crippen LogP contribution in [0, 0.1) is 11.7 Å². The maximum Gasteiger partial charge on any atom is 0.262 e. The molecule has 1 heterocycles. The molecule has 0 aliphatic heterocycles. The summed E-state index contributed by atoms with van der Waals surface area (Å²) in [5.74, 6) is -0.231. The van der Waals surface area contributed by atoms with Crippen LogP contribution in [-0.4, -0.2) is 15.5 Å². The van der Waals surface area contributed by atoms with E-state index in [1.165, 1.54) is 4.57 Å². The third-order valence-electron chi connectivity index (χ3n) is 3.95. The zero-order valence-corrected chi connectivity index (χ0v) is 14.2. The van der Waals surface area contributed by atoms with Gasteiger partial charge in [0.15, 0.2) is 4.77 Å². The average Bonchev–Trinajstić information content (AvgIpc) is 2.56. The van der Waals surface area contributed by atoms with Crippen molar-refractivity contribution in [1.29, 1.82) is 0 Å². The highest BCUT2D eigenvalue weighted by molar-refractivity contribution is 7.71. The lowest BCUT2D eigenvalue weighted by molar-refractivity contribution is 0.102. The Kier molecular flexibility index (Phi) is 4.31. The van der Waals surface area contributed by atoms with Crippen LogP contribution >= 0.6 is 12.2 Å². The highest BCUT2D eigenvalue weighted by Crippen LogP contribution is 2.16. The lowest BCUT2D eigenvalue weighted by Gasteiger charge is -2.09. The lowest BCUT2D eigenvalue weighted by Crippen LogP contribution is -2.21. The first-order valence-corrected chi connectivity index (χ1v) is 8.06. The van der Waals surface area contributed by atoms with Crippen LogP contribution in [0.4, 0.5) is 5.69 Å². The number of para-hydroxylation sites is 1. The van der Waals surface area contributed by atoms with Crippen LogP contribution in [0.2, 0.25) is 0 Å². The Hall–Kier alpha value is -2.73. The maximum absolute atomic E-state index is 12.5. The number of carbonyl (C=O) groups excluding carboxylic acids is 1. The highest BCUT2D eigenvalue weighted by Gasteiger charge is 2.11. The van der Waals surface area contributed by atoms with E-state index in [9.17, 15) is 9.59 Å². The van der Waals surface area contributed by atoms with Crippen LogP contribution < -0.4 is 10.9 Å². The second-order valence-electron chi connectivity index (χ2n) is 5.51. The van der Waals surface area contributed by atoms with E-state index in [2.05, 4.69) is 10.3 Å². The average molecular weight is 339 g/mol. The van der Waals surface area contributed by atoms with E-state index in [1.54, 1.807) is 18.2 Å². The van der Waals surface area contributed by atoms with Gasteiger partial charge in [-0.05, 0) is 55.9 Å². The molecule has 0 fully saturated rings. The molecule has 122 valence electrons. The molecule has 1 amide bonds. The van der Waals surface area contributed by atoms with Gasteiger partial charge in [0.25, 0.3) is 11.5 Å². The minimum atomic E-state index is -0.231. The normalized spacial score (nSPS) is 10.8. The summed E-state index contributed by atoms with van der Waals surface area (Å²) in [5, 5.41) is 3.39. The van der Waals surface area contributed by atoms with Crippen LogP contribution in [0.3, 0.4) is 0 Å². The van der Waals surface area contributed by atoms with E-state index in [-0.39, 0.29) is 11.5 Å². The molecule has 0 bridgehead atoms. The van der Waals surface area contributed by atoms with Gasteiger partial charge in [0.2, 0.25) is 0 Å². The van der Waals surface area contributed by atoms with Gasteiger partial charge in [0.05, 0.1) is 10.9 Å². The Bertz CT molecular complexity index is 1050. The summed E-state index contributed by atoms with van der Waals surface area (Å²) < 4.78 is 1.84. The molecule has 2 aromatic carbocycles. The fourth-order valence-corrected chi connectivity index (χ4v) is 2.91. The molecular weight excluding hydrogens is 322 g/mol. The van der Waals surface area contributed by atoms with Crippen molar-refractivity contribution in [3.63, 3.8) is 0 Å². The number of hydrogen-bond acceptors (Lipinski definition) is 3. The molecule has 0 aliphatic rings. The fourth-order valence-electron chi connectivity index (χ4n) is 2.59. The Morgan fingerprint density at radius 3 is 2.71 bits per heavy atom. The van der Waals surface area contributed by atoms with Crippen molar-refractivity contribution in [2.24, 2.45) is 0 Å². The van der Waals surface area contributed by atoms with Gasteiger partial charge in [-0.15, -0.1) is 0 Å². The van der Waals surface area contributed by atoms with Crippen LogP contribution in [0.15, 0.2) is 47.3 Å². The third kappa shape index (κ3) is 2.88. The predicted molar refractivity (Wildman–Crippen MR) is 98.2 cm³/mol. The van der Waals surface area contributed by atoms with Crippen molar-refractivity contribution in [2.45, 2.75) is 20.4 Å². The number of H-pyrrole nitrogens is 1. The smallest absolute Gasteiger partial charge is 0.262 e. The zero-order valence-electron chi connectivity index (χ0n) is 13.4. The van der Waals surface area contributed by atoms with Crippen LogP contribution in [-0.2, 0) is 6.54 Å². The molecule has 5 nitrogen and oxygen atoms in total. The number of fused-ring (bicyclic) bond motifs is 1. The van der Waals surface area contributed by atoms with Crippen LogP contribution in [0.25, 0.3) is 10.9 Å². The number of hydrogen-bond donors (Lipinski definition) is 2. The zero-order chi connectivity index (χ0) is 17.3. The highest BCUT2D eigenvalue weighted by atomic mass is 32.1. The Morgan fingerprint density at radius 2 is 2.00 bits per heavy atom. The summed E-state index contributed by atoms with van der Waals surface area (Å²) in [4.78, 5) is 27.9. The van der Waals surface area contributed by atoms with Gasteiger partial charge in [-0.1, -0.05) is 18.2 Å². The number of amides is 1. The molecular formula is C18H17N3O2S. The van der Waals surface area contributed by atoms with Crippen molar-refractivity contribution < 1.29 is 4.79 Å². The Balaban J connectivity index is 2.02. The Morgan fingerprint density at radius 1 is 1.25 bits per heavy atom. The molecule has 6 heteroatoms. The molecule has 3 aromatic rings. The molecule has 1 aromatic heterocycles. The van der Waals surface area contributed by atoms with Gasteiger partial charge in [0, 0.05) is 17.8 Å². The van der Waals surface area contributed by atoms with Crippen molar-refractivity contribution in [1.82, 2.24) is 9.55 Å². The SMILES string of the molecule is CCn1c(=S)[nH]c2cc(C(=O)Nc3ccccc3C)ccc2c1=O. The molecule has 0 radical (unpaired) electrons. The number of benzene rings is 2. The maximum atomic E-state index is 12.5. The van der Waals surface area contributed by atoms with Crippen molar-refractivity contribution in [3.05, 3.63) is 68.7 Å². The first kappa shape index (κ1) is 16.1. The summed E-state index contributed by atoms with van der Waals surface area (Å²) in [5.41, 5.74) is 2.62. The van der Waals surface area contributed by atoms with Crippen molar-refractivity contribution >= 4 is 34.7 Å². The van der Waals surface area contributed by atoms with E-state index in [0.29, 0.717) is 27.8 Å². The lowest BCUT2D eigenvalue weighted by atomic mass is 10.1. The van der Waals surface area contributed by atoms with Crippen molar-refractivity contribution in [2.75, 3.05) is 5.32 Å². The number of aromatic nitrogens is 2. The quantitative estimate of drug-likeness (QED) is 0.716. The van der Waals surface area contributed by atoms with E-state index >= 15 is 0 Å². The largest absolute Gasteiger partial charge is 0.332 e. The molecule has 0 atom stereocenters. The molecule has 0 unspecified atom stereocenters. The van der Waals surface area contributed by atoms with E-state index in [4.69, 9.17) is 12.2 Å². The molecule has 3 rings (SSSR count). The van der Waals surface area contributed by atoms with Gasteiger partial charge in [-0.2, -0.15) is 0 Å². The van der Waals surface area contributed by atoms with Crippen molar-refractivity contribution in [3.8, 4) is 0 Å². The second kappa shape index (κ2) is 6.41. The van der Waals surface area contributed by atoms with E-state index in [1.807, 2.05) is 38.1 Å². The van der Waals surface area contributed by atoms with Gasteiger partial charge >= 0.3 is 0 Å². The first-order valence-electron chi connectivity index (χ1n) is 7.65. The molecule has 0 spiro atoms. The minimum Gasteiger partial charge on any atom is -0.332 e.